The average Bonchev–Trinajstić information content (AvgIpc) is 2.28. The number of hydrogen-bond acceptors (Lipinski definition) is 3. The quantitative estimate of drug-likeness (QED) is 0.775. The lowest BCUT2D eigenvalue weighted by atomic mass is 10.1. The normalized spacial score (nSPS) is 16.8. The van der Waals surface area contributed by atoms with Crippen molar-refractivity contribution >= 4 is 11.8 Å². The highest BCUT2D eigenvalue weighted by atomic mass is 32.2. The lowest BCUT2D eigenvalue weighted by molar-refractivity contribution is 0.196. The van der Waals surface area contributed by atoms with Gasteiger partial charge in [0.2, 0.25) is 0 Å². The highest BCUT2D eigenvalue weighted by Gasteiger charge is 2.11. The Hall–Kier alpha value is -0.510. The summed E-state index contributed by atoms with van der Waals surface area (Å²) in [7, 11) is 1.96. The minimum absolute atomic E-state index is 0.222. The standard InChI is InChI=1S/C13H21NOS/c1-9(14-4)12-6-5-7-13(8-12)16-11(3)10(2)15/h5-11,14-15H,1-4H3. The van der Waals surface area contributed by atoms with Crippen molar-refractivity contribution in [2.75, 3.05) is 7.05 Å². The van der Waals surface area contributed by atoms with E-state index < -0.39 is 0 Å². The highest BCUT2D eigenvalue weighted by Crippen LogP contribution is 2.27. The summed E-state index contributed by atoms with van der Waals surface area (Å²) in [6.45, 7) is 6.02. The van der Waals surface area contributed by atoms with Crippen LogP contribution in [0.2, 0.25) is 0 Å². The smallest absolute Gasteiger partial charge is 0.0631 e. The van der Waals surface area contributed by atoms with E-state index in [1.54, 1.807) is 11.8 Å². The third kappa shape index (κ3) is 3.81. The van der Waals surface area contributed by atoms with Crippen LogP contribution in [-0.4, -0.2) is 23.5 Å². The molecule has 1 aromatic rings. The molecule has 2 N–H and O–H groups in total. The van der Waals surface area contributed by atoms with Gasteiger partial charge in [0, 0.05) is 16.2 Å². The van der Waals surface area contributed by atoms with Crippen LogP contribution in [0, 0.1) is 0 Å². The fourth-order valence-electron chi connectivity index (χ4n) is 1.34. The van der Waals surface area contributed by atoms with Crippen molar-refractivity contribution in [3.63, 3.8) is 0 Å². The van der Waals surface area contributed by atoms with Crippen molar-refractivity contribution < 1.29 is 5.11 Å². The van der Waals surface area contributed by atoms with Crippen molar-refractivity contribution in [2.24, 2.45) is 0 Å². The molecule has 0 fully saturated rings. The summed E-state index contributed by atoms with van der Waals surface area (Å²) < 4.78 is 0. The molecule has 0 bridgehead atoms. The lowest BCUT2D eigenvalue weighted by Gasteiger charge is -2.16. The number of thioether (sulfide) groups is 1. The topological polar surface area (TPSA) is 32.3 Å². The van der Waals surface area contributed by atoms with Gasteiger partial charge in [-0.25, -0.2) is 0 Å². The fraction of sp³-hybridized carbons (Fsp3) is 0.538. The molecule has 0 heterocycles. The van der Waals surface area contributed by atoms with Crippen molar-refractivity contribution in [3.05, 3.63) is 29.8 Å². The Labute approximate surface area is 102 Å². The van der Waals surface area contributed by atoms with E-state index in [1.807, 2.05) is 20.9 Å². The van der Waals surface area contributed by atoms with Gasteiger partial charge in [-0.1, -0.05) is 19.1 Å². The summed E-state index contributed by atoms with van der Waals surface area (Å²) in [6, 6.07) is 8.83. The summed E-state index contributed by atoms with van der Waals surface area (Å²) in [5, 5.41) is 12.9. The van der Waals surface area contributed by atoms with E-state index in [4.69, 9.17) is 0 Å². The molecule has 0 aliphatic carbocycles. The van der Waals surface area contributed by atoms with Crippen LogP contribution >= 0.6 is 11.8 Å². The van der Waals surface area contributed by atoms with E-state index in [1.165, 1.54) is 10.5 Å². The number of hydrogen-bond donors (Lipinski definition) is 2. The van der Waals surface area contributed by atoms with Gasteiger partial charge in [0.05, 0.1) is 6.10 Å². The maximum absolute atomic E-state index is 9.47. The van der Waals surface area contributed by atoms with Crippen LogP contribution in [0.4, 0.5) is 0 Å². The van der Waals surface area contributed by atoms with Gasteiger partial charge in [-0.2, -0.15) is 0 Å². The van der Waals surface area contributed by atoms with Crippen LogP contribution in [0.15, 0.2) is 29.2 Å². The van der Waals surface area contributed by atoms with Crippen LogP contribution in [0.1, 0.15) is 32.4 Å². The second kappa shape index (κ2) is 6.28. The molecule has 0 aliphatic heterocycles. The Bertz CT molecular complexity index is 327. The number of rotatable bonds is 5. The molecule has 3 heteroatoms. The first kappa shape index (κ1) is 13.6. The maximum Gasteiger partial charge on any atom is 0.0631 e. The highest BCUT2D eigenvalue weighted by molar-refractivity contribution is 8.00. The van der Waals surface area contributed by atoms with Gasteiger partial charge in [0.15, 0.2) is 0 Å². The molecular formula is C13H21NOS. The number of aliphatic hydroxyl groups excluding tert-OH is 1. The molecule has 90 valence electrons. The minimum Gasteiger partial charge on any atom is -0.392 e. The maximum atomic E-state index is 9.47. The monoisotopic (exact) mass is 239 g/mol. The first-order valence-corrected chi connectivity index (χ1v) is 6.54. The molecule has 0 amide bonds. The van der Waals surface area contributed by atoms with Gasteiger partial charge in [-0.15, -0.1) is 11.8 Å². The van der Waals surface area contributed by atoms with Crippen LogP contribution in [-0.2, 0) is 0 Å². The molecule has 1 rings (SSSR count). The van der Waals surface area contributed by atoms with Crippen molar-refractivity contribution in [1.29, 1.82) is 0 Å². The second-order valence-corrected chi connectivity index (χ2v) is 5.60. The molecule has 16 heavy (non-hydrogen) atoms. The Kier molecular flexibility index (Phi) is 5.32. The number of aliphatic hydroxyl groups is 1. The van der Waals surface area contributed by atoms with Crippen LogP contribution in [0.3, 0.4) is 0 Å². The van der Waals surface area contributed by atoms with Gasteiger partial charge in [-0.05, 0) is 38.6 Å². The van der Waals surface area contributed by atoms with Crippen molar-refractivity contribution in [2.45, 2.75) is 43.1 Å². The molecule has 3 atom stereocenters. The third-order valence-corrected chi connectivity index (χ3v) is 4.08. The van der Waals surface area contributed by atoms with Crippen LogP contribution in [0.5, 0.6) is 0 Å². The summed E-state index contributed by atoms with van der Waals surface area (Å²) in [4.78, 5) is 1.22. The molecule has 0 aliphatic rings. The first-order chi connectivity index (χ1) is 7.54. The summed E-state index contributed by atoms with van der Waals surface area (Å²) in [6.07, 6.45) is -0.282. The van der Waals surface area contributed by atoms with Gasteiger partial charge >= 0.3 is 0 Å². The molecule has 0 saturated carbocycles. The van der Waals surface area contributed by atoms with Crippen LogP contribution < -0.4 is 5.32 Å². The zero-order valence-electron chi connectivity index (χ0n) is 10.4. The van der Waals surface area contributed by atoms with Gasteiger partial charge < -0.3 is 10.4 Å². The molecule has 0 aromatic heterocycles. The van der Waals surface area contributed by atoms with E-state index in [-0.39, 0.29) is 11.4 Å². The lowest BCUT2D eigenvalue weighted by Crippen LogP contribution is -2.15. The zero-order chi connectivity index (χ0) is 12.1. The number of nitrogens with one attached hydrogen (secondary N) is 1. The van der Waals surface area contributed by atoms with Crippen molar-refractivity contribution in [3.8, 4) is 0 Å². The summed E-state index contributed by atoms with van der Waals surface area (Å²) >= 11 is 1.72. The van der Waals surface area contributed by atoms with E-state index in [2.05, 4.69) is 36.5 Å². The zero-order valence-corrected chi connectivity index (χ0v) is 11.2. The minimum atomic E-state index is -0.282. The Morgan fingerprint density at radius 2 is 1.94 bits per heavy atom. The van der Waals surface area contributed by atoms with Gasteiger partial charge in [-0.3, -0.25) is 0 Å². The average molecular weight is 239 g/mol. The van der Waals surface area contributed by atoms with Crippen molar-refractivity contribution in [1.82, 2.24) is 5.32 Å². The Morgan fingerprint density at radius 1 is 1.25 bits per heavy atom. The van der Waals surface area contributed by atoms with E-state index in [9.17, 15) is 5.11 Å². The Morgan fingerprint density at radius 3 is 2.50 bits per heavy atom. The Balaban J connectivity index is 2.74. The molecule has 0 radical (unpaired) electrons. The molecule has 3 unspecified atom stereocenters. The predicted molar refractivity (Wildman–Crippen MR) is 70.9 cm³/mol. The summed E-state index contributed by atoms with van der Waals surface area (Å²) in [5.41, 5.74) is 1.28. The van der Waals surface area contributed by atoms with E-state index in [0.717, 1.165) is 0 Å². The summed E-state index contributed by atoms with van der Waals surface area (Å²) in [5.74, 6) is 0. The van der Waals surface area contributed by atoms with Crippen LogP contribution in [0.25, 0.3) is 0 Å². The molecule has 0 saturated heterocycles. The molecule has 1 aromatic carbocycles. The van der Waals surface area contributed by atoms with E-state index >= 15 is 0 Å². The fourth-order valence-corrected chi connectivity index (χ4v) is 2.32. The SMILES string of the molecule is CNC(C)c1cccc(SC(C)C(C)O)c1. The van der Waals surface area contributed by atoms with Gasteiger partial charge in [0.1, 0.15) is 0 Å². The molecule has 2 nitrogen and oxygen atoms in total. The van der Waals surface area contributed by atoms with Gasteiger partial charge in [0.25, 0.3) is 0 Å². The van der Waals surface area contributed by atoms with E-state index in [0.29, 0.717) is 6.04 Å². The number of benzene rings is 1. The second-order valence-electron chi connectivity index (χ2n) is 4.15. The molecule has 0 spiro atoms. The predicted octanol–water partition coefficient (Wildman–Crippen LogP) is 2.83. The largest absolute Gasteiger partial charge is 0.392 e. The third-order valence-electron chi connectivity index (χ3n) is 2.79. The first-order valence-electron chi connectivity index (χ1n) is 5.66. The molecular weight excluding hydrogens is 218 g/mol.